The molecule has 0 heterocycles. The number of fused-ring (bicyclic) bond motifs is 1. The number of hydrogen-bond donors (Lipinski definition) is 1. The quantitative estimate of drug-likeness (QED) is 0.411. The fourth-order valence-electron chi connectivity index (χ4n) is 4.64. The van der Waals surface area contributed by atoms with Gasteiger partial charge in [0, 0.05) is 12.1 Å². The summed E-state index contributed by atoms with van der Waals surface area (Å²) in [5.41, 5.74) is 4.11. The maximum absolute atomic E-state index is 13.4. The first-order chi connectivity index (χ1) is 16.1. The molecule has 0 unspecified atom stereocenters. The van der Waals surface area contributed by atoms with Gasteiger partial charge >= 0.3 is 0 Å². The van der Waals surface area contributed by atoms with Gasteiger partial charge in [-0.3, -0.25) is 19.2 Å². The zero-order valence-corrected chi connectivity index (χ0v) is 21.0. The topological polar surface area (TPSA) is 110 Å². The highest BCUT2D eigenvalue weighted by molar-refractivity contribution is 7.92. The Balaban J connectivity index is 1.94. The van der Waals surface area contributed by atoms with Gasteiger partial charge in [0.2, 0.25) is 15.9 Å². The van der Waals surface area contributed by atoms with E-state index in [9.17, 15) is 23.3 Å². The smallest absolute Gasteiger partial charge is 0.271 e. The highest BCUT2D eigenvalue weighted by atomic mass is 32.2. The van der Waals surface area contributed by atoms with Crippen LogP contribution in [-0.2, 0) is 27.7 Å². The highest BCUT2D eigenvalue weighted by Gasteiger charge is 2.34. The first-order valence-electron chi connectivity index (χ1n) is 11.7. The Morgan fingerprint density at radius 2 is 1.76 bits per heavy atom. The van der Waals surface area contributed by atoms with Crippen LogP contribution in [0.15, 0.2) is 36.4 Å². The number of non-ortho nitro benzene ring substituents is 1. The van der Waals surface area contributed by atoms with Crippen molar-refractivity contribution in [2.45, 2.75) is 71.4 Å². The van der Waals surface area contributed by atoms with Gasteiger partial charge in [0.05, 0.1) is 22.9 Å². The molecule has 0 aromatic heterocycles. The van der Waals surface area contributed by atoms with E-state index in [1.165, 1.54) is 35.7 Å². The summed E-state index contributed by atoms with van der Waals surface area (Å²) in [6, 6.07) is 9.06. The number of hydrogen-bond acceptors (Lipinski definition) is 5. The Kier molecular flexibility index (Phi) is 7.97. The van der Waals surface area contributed by atoms with E-state index >= 15 is 0 Å². The molecular weight excluding hydrogens is 454 g/mol. The number of sulfonamides is 1. The van der Waals surface area contributed by atoms with Crippen molar-refractivity contribution in [2.24, 2.45) is 0 Å². The molecule has 1 aliphatic rings. The monoisotopic (exact) mass is 487 g/mol. The molecule has 1 N–H and O–H groups in total. The minimum Gasteiger partial charge on any atom is -0.347 e. The average molecular weight is 488 g/mol. The lowest BCUT2D eigenvalue weighted by atomic mass is 9.88. The third-order valence-electron chi connectivity index (χ3n) is 6.47. The molecule has 0 fully saturated rings. The number of nitro benzene ring substituents is 1. The normalized spacial score (nSPS) is 15.2. The fourth-order valence-corrected chi connectivity index (χ4v) is 5.90. The lowest BCUT2D eigenvalue weighted by molar-refractivity contribution is -0.384. The lowest BCUT2D eigenvalue weighted by Gasteiger charge is -2.32. The van der Waals surface area contributed by atoms with Crippen molar-refractivity contribution < 1.29 is 18.1 Å². The summed E-state index contributed by atoms with van der Waals surface area (Å²) in [5, 5.41) is 14.4. The van der Waals surface area contributed by atoms with Gasteiger partial charge in [-0.2, -0.15) is 0 Å². The number of rotatable bonds is 9. The van der Waals surface area contributed by atoms with Gasteiger partial charge in [0.25, 0.3) is 5.69 Å². The van der Waals surface area contributed by atoms with Crippen LogP contribution in [0.25, 0.3) is 0 Å². The third kappa shape index (κ3) is 5.58. The van der Waals surface area contributed by atoms with Crippen LogP contribution in [0.5, 0.6) is 0 Å². The van der Waals surface area contributed by atoms with E-state index in [0.29, 0.717) is 12.0 Å². The second-order valence-corrected chi connectivity index (χ2v) is 10.8. The Morgan fingerprint density at radius 1 is 1.09 bits per heavy atom. The molecule has 8 nitrogen and oxygen atoms in total. The Bertz CT molecular complexity index is 1180. The Morgan fingerprint density at radius 3 is 2.35 bits per heavy atom. The van der Waals surface area contributed by atoms with Crippen molar-refractivity contribution >= 4 is 27.3 Å². The van der Waals surface area contributed by atoms with E-state index < -0.39 is 26.9 Å². The summed E-state index contributed by atoms with van der Waals surface area (Å²) < 4.78 is 26.7. The molecule has 184 valence electrons. The number of nitro groups is 1. The van der Waals surface area contributed by atoms with Crippen molar-refractivity contribution in [2.75, 3.05) is 10.6 Å². The average Bonchev–Trinajstić information content (AvgIpc) is 2.80. The number of benzene rings is 2. The van der Waals surface area contributed by atoms with Crippen LogP contribution in [0.2, 0.25) is 0 Å². The molecule has 0 bridgehead atoms. The van der Waals surface area contributed by atoms with Crippen LogP contribution in [-0.4, -0.2) is 31.5 Å². The molecule has 2 aromatic carbocycles. The summed E-state index contributed by atoms with van der Waals surface area (Å²) >= 11 is 0. The number of nitrogens with zero attached hydrogens (tertiary/aromatic N) is 2. The largest absolute Gasteiger partial charge is 0.347 e. The van der Waals surface area contributed by atoms with E-state index in [2.05, 4.69) is 17.4 Å². The third-order valence-corrected chi connectivity index (χ3v) is 7.64. The number of carbonyl (C=O) groups excluding carboxylic acids is 1. The molecular formula is C25H33N3O5S. The zero-order valence-electron chi connectivity index (χ0n) is 20.2. The van der Waals surface area contributed by atoms with Crippen LogP contribution in [0.4, 0.5) is 11.4 Å². The molecule has 3 rings (SSSR count). The maximum atomic E-state index is 13.4. The molecule has 0 saturated heterocycles. The predicted molar refractivity (Wildman–Crippen MR) is 133 cm³/mol. The minimum atomic E-state index is -3.91. The van der Waals surface area contributed by atoms with Crippen LogP contribution in [0, 0.1) is 17.0 Å². The molecule has 0 saturated carbocycles. The van der Waals surface area contributed by atoms with Gasteiger partial charge in [-0.05, 0) is 67.7 Å². The van der Waals surface area contributed by atoms with Crippen LogP contribution in [0.3, 0.4) is 0 Å². The van der Waals surface area contributed by atoms with Crippen LogP contribution in [0.1, 0.15) is 67.8 Å². The minimum absolute atomic E-state index is 0.139. The summed E-state index contributed by atoms with van der Waals surface area (Å²) in [6.45, 7) is 5.38. The molecule has 34 heavy (non-hydrogen) atoms. The molecule has 0 radical (unpaired) electrons. The number of aryl methyl sites for hydroxylation is 3. The van der Waals surface area contributed by atoms with Gasteiger partial charge < -0.3 is 5.32 Å². The van der Waals surface area contributed by atoms with Gasteiger partial charge in [-0.1, -0.05) is 38.1 Å². The number of anilines is 1. The first kappa shape index (κ1) is 25.7. The van der Waals surface area contributed by atoms with Gasteiger partial charge in [0.1, 0.15) is 6.04 Å². The van der Waals surface area contributed by atoms with E-state index in [-0.39, 0.29) is 23.8 Å². The SMILES string of the molecule is CC[C@@H](NC(=O)[C@H](CC)N(c1cc([N+](=O)[O-])ccc1C)S(C)(=O)=O)c1ccc2c(c1)CCCC2. The predicted octanol–water partition coefficient (Wildman–Crippen LogP) is 4.59. The van der Waals surface area contributed by atoms with Crippen molar-refractivity contribution in [1.29, 1.82) is 0 Å². The molecule has 0 aliphatic heterocycles. The van der Waals surface area contributed by atoms with Gasteiger partial charge in [-0.15, -0.1) is 0 Å². The fraction of sp³-hybridized carbons (Fsp3) is 0.480. The first-order valence-corrected chi connectivity index (χ1v) is 13.6. The van der Waals surface area contributed by atoms with Crippen LogP contribution < -0.4 is 9.62 Å². The number of nitrogens with one attached hydrogen (secondary N) is 1. The van der Waals surface area contributed by atoms with E-state index in [4.69, 9.17) is 0 Å². The van der Waals surface area contributed by atoms with Crippen molar-refractivity contribution in [3.63, 3.8) is 0 Å². The Hall–Kier alpha value is -2.94. The zero-order chi connectivity index (χ0) is 25.0. The second kappa shape index (κ2) is 10.5. The molecule has 9 heteroatoms. The van der Waals surface area contributed by atoms with E-state index in [1.54, 1.807) is 13.8 Å². The summed E-state index contributed by atoms with van der Waals surface area (Å²) in [4.78, 5) is 24.2. The van der Waals surface area contributed by atoms with Crippen LogP contribution >= 0.6 is 0 Å². The number of carbonyl (C=O) groups is 1. The van der Waals surface area contributed by atoms with E-state index in [1.807, 2.05) is 13.0 Å². The van der Waals surface area contributed by atoms with Gasteiger partial charge in [0.15, 0.2) is 0 Å². The molecule has 2 atom stereocenters. The Labute approximate surface area is 201 Å². The summed E-state index contributed by atoms with van der Waals surface area (Å²) in [7, 11) is -3.91. The second-order valence-electron chi connectivity index (χ2n) is 8.92. The maximum Gasteiger partial charge on any atom is 0.271 e. The van der Waals surface area contributed by atoms with Crippen molar-refractivity contribution in [1.82, 2.24) is 5.32 Å². The van der Waals surface area contributed by atoms with Crippen molar-refractivity contribution in [3.05, 3.63) is 68.8 Å². The lowest BCUT2D eigenvalue weighted by Crippen LogP contribution is -2.50. The molecule has 1 aliphatic carbocycles. The standard InChI is InChI=1S/C25H33N3O5S/c1-5-22(20-13-12-18-9-7-8-10-19(18)15-20)26-25(29)23(6-2)27(34(4,32)33)24-16-21(28(30)31)14-11-17(24)3/h11-16,22-23H,5-10H2,1-4H3,(H,26,29)/t22-,23+/m1/s1. The summed E-state index contributed by atoms with van der Waals surface area (Å²) in [5.74, 6) is -0.427. The summed E-state index contributed by atoms with van der Waals surface area (Å²) in [6.07, 6.45) is 6.32. The molecule has 0 spiro atoms. The van der Waals surface area contributed by atoms with E-state index in [0.717, 1.165) is 35.4 Å². The van der Waals surface area contributed by atoms with Gasteiger partial charge in [-0.25, -0.2) is 8.42 Å². The van der Waals surface area contributed by atoms with Crippen molar-refractivity contribution in [3.8, 4) is 0 Å². The molecule has 2 aromatic rings. The molecule has 1 amide bonds. The highest BCUT2D eigenvalue weighted by Crippen LogP contribution is 2.31. The number of amides is 1.